The Bertz CT molecular complexity index is 643. The van der Waals surface area contributed by atoms with Gasteiger partial charge in [-0.15, -0.1) is 0 Å². The molecule has 0 aromatic heterocycles. The fourth-order valence-electron chi connectivity index (χ4n) is 2.07. The topological polar surface area (TPSA) is 49.3 Å². The third-order valence-corrected chi connectivity index (χ3v) is 4.21. The number of carbonyl (C=O) groups is 1. The maximum absolute atomic E-state index is 11.7. The summed E-state index contributed by atoms with van der Waals surface area (Å²) in [6, 6.07) is 15.2. The Hall–Kier alpha value is -1.33. The maximum Gasteiger partial charge on any atom is 0.329 e. The van der Waals surface area contributed by atoms with Gasteiger partial charge >= 0.3 is 5.97 Å². The summed E-state index contributed by atoms with van der Waals surface area (Å²) in [5.41, 5.74) is 0.659. The third kappa shape index (κ3) is 4.32. The lowest BCUT2D eigenvalue weighted by molar-refractivity contribution is -0.141. The summed E-state index contributed by atoms with van der Waals surface area (Å²) in [5.74, 6) is -0.884. The van der Waals surface area contributed by atoms with Crippen molar-refractivity contribution in [1.29, 1.82) is 0 Å². The quantitative estimate of drug-likeness (QED) is 0.747. The van der Waals surface area contributed by atoms with Crippen molar-refractivity contribution in [3.8, 4) is 0 Å². The number of hydrogen-bond acceptors (Lipinski definition) is 2. The van der Waals surface area contributed by atoms with Crippen molar-refractivity contribution in [1.82, 2.24) is 0 Å². The molecule has 5 heteroatoms. The van der Waals surface area contributed by atoms with Crippen LogP contribution >= 0.6 is 31.9 Å². The van der Waals surface area contributed by atoms with Gasteiger partial charge in [-0.25, -0.2) is 4.79 Å². The fourth-order valence-corrected chi connectivity index (χ4v) is 2.73. The number of halogens is 2. The molecule has 2 aromatic carbocycles. The molecule has 0 aliphatic heterocycles. The number of nitrogens with one attached hydrogen (secondary N) is 1. The van der Waals surface area contributed by atoms with Crippen LogP contribution in [0.5, 0.6) is 0 Å². The second-order valence-electron chi connectivity index (χ2n) is 5.08. The van der Waals surface area contributed by atoms with Crippen LogP contribution in [0, 0.1) is 0 Å². The number of anilines is 1. The molecule has 0 aliphatic carbocycles. The molecule has 0 spiro atoms. The minimum absolute atomic E-state index is 0.391. The first-order chi connectivity index (χ1) is 9.89. The zero-order valence-corrected chi connectivity index (χ0v) is 14.6. The smallest absolute Gasteiger partial charge is 0.329 e. The van der Waals surface area contributed by atoms with Crippen molar-refractivity contribution in [2.75, 3.05) is 5.32 Å². The van der Waals surface area contributed by atoms with Crippen molar-refractivity contribution >= 4 is 43.5 Å². The van der Waals surface area contributed by atoms with Crippen LogP contribution in [0.1, 0.15) is 12.5 Å². The summed E-state index contributed by atoms with van der Waals surface area (Å²) in [6.07, 6.45) is 0.391. The molecule has 2 N–H and O–H groups in total. The van der Waals surface area contributed by atoms with Crippen LogP contribution in [0.15, 0.2) is 57.5 Å². The van der Waals surface area contributed by atoms with E-state index in [0.29, 0.717) is 6.42 Å². The molecule has 2 aromatic rings. The van der Waals surface area contributed by atoms with Gasteiger partial charge in [0.05, 0.1) is 0 Å². The Balaban J connectivity index is 2.23. The van der Waals surface area contributed by atoms with Crippen molar-refractivity contribution in [2.45, 2.75) is 18.9 Å². The first kappa shape index (κ1) is 16.0. The molecular formula is C16H15Br2NO2. The molecule has 2 rings (SSSR count). The number of carboxylic acids is 1. The largest absolute Gasteiger partial charge is 0.480 e. The third-order valence-electron chi connectivity index (χ3n) is 3.19. The normalized spacial score (nSPS) is 13.5. The van der Waals surface area contributed by atoms with Gasteiger partial charge in [0, 0.05) is 21.1 Å². The zero-order chi connectivity index (χ0) is 15.5. The van der Waals surface area contributed by atoms with E-state index in [-0.39, 0.29) is 0 Å². The summed E-state index contributed by atoms with van der Waals surface area (Å²) in [4.78, 5) is 11.7. The average molecular weight is 413 g/mol. The van der Waals surface area contributed by atoms with Gasteiger partial charge in [-0.3, -0.25) is 0 Å². The molecule has 110 valence electrons. The van der Waals surface area contributed by atoms with Gasteiger partial charge in [0.1, 0.15) is 5.54 Å². The standard InChI is InChI=1S/C16H15Br2NO2/c1-16(15(20)21,10-11-5-7-12(17)8-6-11)19-14-4-2-3-13(18)9-14/h2-9,19H,10H2,1H3,(H,20,21). The first-order valence-corrected chi connectivity index (χ1v) is 7.99. The number of rotatable bonds is 5. The van der Waals surface area contributed by atoms with Crippen LogP contribution in [0.25, 0.3) is 0 Å². The SMILES string of the molecule is CC(Cc1ccc(Br)cc1)(Nc1cccc(Br)c1)C(=O)O. The van der Waals surface area contributed by atoms with Crippen LogP contribution < -0.4 is 5.32 Å². The highest BCUT2D eigenvalue weighted by atomic mass is 79.9. The van der Waals surface area contributed by atoms with E-state index < -0.39 is 11.5 Å². The number of hydrogen-bond donors (Lipinski definition) is 2. The van der Waals surface area contributed by atoms with Crippen molar-refractivity contribution < 1.29 is 9.90 Å². The Morgan fingerprint density at radius 1 is 1.14 bits per heavy atom. The fraction of sp³-hybridized carbons (Fsp3) is 0.188. The van der Waals surface area contributed by atoms with Crippen molar-refractivity contribution in [3.63, 3.8) is 0 Å². The summed E-state index contributed by atoms with van der Waals surface area (Å²) in [7, 11) is 0. The van der Waals surface area contributed by atoms with Gasteiger partial charge in [0.15, 0.2) is 0 Å². The first-order valence-electron chi connectivity index (χ1n) is 6.41. The Kier molecular flexibility index (Phi) is 5.06. The van der Waals surface area contributed by atoms with E-state index in [0.717, 1.165) is 20.2 Å². The minimum atomic E-state index is -1.07. The molecule has 0 saturated heterocycles. The average Bonchev–Trinajstić information content (AvgIpc) is 2.41. The van der Waals surface area contributed by atoms with E-state index in [4.69, 9.17) is 0 Å². The highest BCUT2D eigenvalue weighted by Crippen LogP contribution is 2.23. The highest BCUT2D eigenvalue weighted by Gasteiger charge is 2.33. The Morgan fingerprint density at radius 3 is 2.38 bits per heavy atom. The summed E-state index contributed by atoms with van der Waals surface area (Å²) in [5, 5.41) is 12.7. The zero-order valence-electron chi connectivity index (χ0n) is 11.4. The lowest BCUT2D eigenvalue weighted by Crippen LogP contribution is -2.45. The van der Waals surface area contributed by atoms with Gasteiger partial charge in [0.2, 0.25) is 0 Å². The second-order valence-corrected chi connectivity index (χ2v) is 6.91. The van der Waals surface area contributed by atoms with Gasteiger partial charge in [-0.2, -0.15) is 0 Å². The number of carboxylic acid groups (broad SMARTS) is 1. The molecule has 21 heavy (non-hydrogen) atoms. The van der Waals surface area contributed by atoms with Crippen molar-refractivity contribution in [2.24, 2.45) is 0 Å². The molecule has 0 amide bonds. The lowest BCUT2D eigenvalue weighted by atomic mass is 9.92. The van der Waals surface area contributed by atoms with E-state index >= 15 is 0 Å². The van der Waals surface area contributed by atoms with E-state index in [1.54, 1.807) is 6.92 Å². The summed E-state index contributed by atoms with van der Waals surface area (Å²) >= 11 is 6.77. The molecule has 0 heterocycles. The van der Waals surface area contributed by atoms with Gasteiger partial charge < -0.3 is 10.4 Å². The Morgan fingerprint density at radius 2 is 1.81 bits per heavy atom. The highest BCUT2D eigenvalue weighted by molar-refractivity contribution is 9.10. The molecule has 0 saturated carbocycles. The van der Waals surface area contributed by atoms with Crippen molar-refractivity contribution in [3.05, 3.63) is 63.0 Å². The molecule has 0 aliphatic rings. The molecule has 3 nitrogen and oxygen atoms in total. The number of aliphatic carboxylic acids is 1. The predicted molar refractivity (Wildman–Crippen MR) is 91.7 cm³/mol. The van der Waals surface area contributed by atoms with E-state index in [9.17, 15) is 9.90 Å². The van der Waals surface area contributed by atoms with Crippen LogP contribution in [-0.2, 0) is 11.2 Å². The molecule has 0 fully saturated rings. The second kappa shape index (κ2) is 6.62. The van der Waals surface area contributed by atoms with E-state index in [1.807, 2.05) is 48.5 Å². The number of benzene rings is 2. The maximum atomic E-state index is 11.7. The van der Waals surface area contributed by atoms with Gasteiger partial charge in [0.25, 0.3) is 0 Å². The molecule has 0 bridgehead atoms. The monoisotopic (exact) mass is 411 g/mol. The van der Waals surface area contributed by atoms with Crippen LogP contribution in [0.2, 0.25) is 0 Å². The van der Waals surface area contributed by atoms with E-state index in [1.165, 1.54) is 0 Å². The Labute approximate surface area is 140 Å². The van der Waals surface area contributed by atoms with Gasteiger partial charge in [-0.05, 0) is 42.8 Å². The molecule has 1 unspecified atom stereocenters. The summed E-state index contributed by atoms with van der Waals surface area (Å²) < 4.78 is 1.88. The van der Waals surface area contributed by atoms with Gasteiger partial charge in [-0.1, -0.05) is 50.1 Å². The molecule has 1 atom stereocenters. The molecule has 0 radical (unpaired) electrons. The van der Waals surface area contributed by atoms with Crippen LogP contribution in [0.4, 0.5) is 5.69 Å². The van der Waals surface area contributed by atoms with E-state index in [2.05, 4.69) is 37.2 Å². The summed E-state index contributed by atoms with van der Waals surface area (Å²) in [6.45, 7) is 1.69. The minimum Gasteiger partial charge on any atom is -0.480 e. The van der Waals surface area contributed by atoms with Crippen LogP contribution in [0.3, 0.4) is 0 Å². The van der Waals surface area contributed by atoms with Crippen LogP contribution in [-0.4, -0.2) is 16.6 Å². The predicted octanol–water partition coefficient (Wildman–Crippen LogP) is 4.71. The molecular weight excluding hydrogens is 398 g/mol. The lowest BCUT2D eigenvalue weighted by Gasteiger charge is -2.27.